The number of benzene rings is 2. The Morgan fingerprint density at radius 3 is 2.59 bits per heavy atom. The average Bonchev–Trinajstić information content (AvgIpc) is 2.64. The minimum atomic E-state index is -0.0889. The lowest BCUT2D eigenvalue weighted by molar-refractivity contribution is -0.120. The summed E-state index contributed by atoms with van der Waals surface area (Å²) in [6.07, 6.45) is 2.77. The fourth-order valence-electron chi connectivity index (χ4n) is 2.66. The van der Waals surface area contributed by atoms with E-state index in [1.165, 1.54) is 5.56 Å². The number of amides is 1. The predicted octanol–water partition coefficient (Wildman–Crippen LogP) is 5.75. The van der Waals surface area contributed by atoms with Gasteiger partial charge in [-0.1, -0.05) is 30.7 Å². The summed E-state index contributed by atoms with van der Waals surface area (Å²) in [6, 6.07) is 15.8. The maximum Gasteiger partial charge on any atom is 0.233 e. The zero-order valence-electron chi connectivity index (χ0n) is 16.2. The van der Waals surface area contributed by atoms with Crippen LogP contribution in [0.15, 0.2) is 53.4 Å². The third-order valence-electron chi connectivity index (χ3n) is 3.97. The molecule has 27 heavy (non-hydrogen) atoms. The van der Waals surface area contributed by atoms with Crippen LogP contribution in [0.1, 0.15) is 39.2 Å². The highest BCUT2D eigenvalue weighted by Gasteiger charge is 2.17. The van der Waals surface area contributed by atoms with Gasteiger partial charge in [-0.25, -0.2) is 0 Å². The maximum absolute atomic E-state index is 12.5. The van der Waals surface area contributed by atoms with Crippen LogP contribution in [-0.4, -0.2) is 23.8 Å². The van der Waals surface area contributed by atoms with Gasteiger partial charge in [-0.05, 0) is 75.1 Å². The van der Waals surface area contributed by atoms with E-state index < -0.39 is 0 Å². The highest BCUT2D eigenvalue weighted by molar-refractivity contribution is 8.00. The third-order valence-corrected chi connectivity index (χ3v) is 5.60. The molecule has 1 atom stereocenters. The van der Waals surface area contributed by atoms with Gasteiger partial charge in [0.05, 0.1) is 11.4 Å². The van der Waals surface area contributed by atoms with Gasteiger partial charge in [-0.3, -0.25) is 4.79 Å². The standard InChI is InChI=1S/C22H28ClNO2S/c1-4-21(27-20-12-10-18(23)11-13-20)22(25)24-14-6-8-17-7-5-9-19(15-17)26-16(2)3/h5,7,9-13,15-16,21H,4,6,8,14H2,1-3H3,(H,24,25)/t21-/m0/s1. The number of hydrogen-bond acceptors (Lipinski definition) is 3. The SMILES string of the molecule is CC[C@H](Sc1ccc(Cl)cc1)C(=O)NCCCc1cccc(OC(C)C)c1. The molecule has 0 saturated heterocycles. The van der Waals surface area contributed by atoms with Crippen LogP contribution in [0.25, 0.3) is 0 Å². The van der Waals surface area contributed by atoms with Crippen molar-refractivity contribution >= 4 is 29.3 Å². The molecule has 0 saturated carbocycles. The topological polar surface area (TPSA) is 38.3 Å². The van der Waals surface area contributed by atoms with Crippen LogP contribution in [0.5, 0.6) is 5.75 Å². The maximum atomic E-state index is 12.5. The highest BCUT2D eigenvalue weighted by atomic mass is 35.5. The van der Waals surface area contributed by atoms with E-state index in [9.17, 15) is 4.79 Å². The molecule has 3 nitrogen and oxygen atoms in total. The Morgan fingerprint density at radius 2 is 1.93 bits per heavy atom. The summed E-state index contributed by atoms with van der Waals surface area (Å²) in [5.74, 6) is 0.992. The van der Waals surface area contributed by atoms with Gasteiger partial charge in [0.25, 0.3) is 0 Å². The molecule has 1 N–H and O–H groups in total. The second-order valence-electron chi connectivity index (χ2n) is 6.68. The number of halogens is 1. The largest absolute Gasteiger partial charge is 0.491 e. The number of thioether (sulfide) groups is 1. The van der Waals surface area contributed by atoms with E-state index in [0.29, 0.717) is 11.6 Å². The van der Waals surface area contributed by atoms with E-state index in [0.717, 1.165) is 29.9 Å². The Hall–Kier alpha value is -1.65. The molecule has 0 spiro atoms. The second kappa shape index (κ2) is 11.3. The molecule has 0 aliphatic carbocycles. The van der Waals surface area contributed by atoms with Gasteiger partial charge in [0.2, 0.25) is 5.91 Å². The molecule has 0 bridgehead atoms. The minimum absolute atomic E-state index is 0.0889. The zero-order valence-corrected chi connectivity index (χ0v) is 17.8. The van der Waals surface area contributed by atoms with E-state index in [4.69, 9.17) is 16.3 Å². The predicted molar refractivity (Wildman–Crippen MR) is 115 cm³/mol. The molecule has 0 aromatic heterocycles. The molecule has 0 heterocycles. The summed E-state index contributed by atoms with van der Waals surface area (Å²) in [7, 11) is 0. The van der Waals surface area contributed by atoms with Crippen molar-refractivity contribution in [3.8, 4) is 5.75 Å². The Bertz CT molecular complexity index is 719. The Kier molecular flexibility index (Phi) is 9.02. The minimum Gasteiger partial charge on any atom is -0.491 e. The summed E-state index contributed by atoms with van der Waals surface area (Å²) in [5, 5.41) is 3.68. The number of ether oxygens (including phenoxy) is 1. The lowest BCUT2D eigenvalue weighted by atomic mass is 10.1. The fraction of sp³-hybridized carbons (Fsp3) is 0.409. The van der Waals surface area contributed by atoms with Crippen LogP contribution < -0.4 is 10.1 Å². The van der Waals surface area contributed by atoms with Crippen LogP contribution in [0.4, 0.5) is 0 Å². The van der Waals surface area contributed by atoms with Gasteiger partial charge in [-0.15, -0.1) is 11.8 Å². The Labute approximate surface area is 171 Å². The first-order valence-corrected chi connectivity index (χ1v) is 10.7. The molecular formula is C22H28ClNO2S. The third kappa shape index (κ3) is 7.86. The van der Waals surface area contributed by atoms with Crippen LogP contribution in [-0.2, 0) is 11.2 Å². The molecule has 0 aliphatic rings. The molecule has 2 aromatic rings. The van der Waals surface area contributed by atoms with Gasteiger partial charge in [0, 0.05) is 16.5 Å². The molecular weight excluding hydrogens is 378 g/mol. The lowest BCUT2D eigenvalue weighted by Gasteiger charge is -2.15. The van der Waals surface area contributed by atoms with Gasteiger partial charge in [-0.2, -0.15) is 0 Å². The summed E-state index contributed by atoms with van der Waals surface area (Å²) in [4.78, 5) is 13.5. The molecule has 146 valence electrons. The zero-order chi connectivity index (χ0) is 19.6. The highest BCUT2D eigenvalue weighted by Crippen LogP contribution is 2.26. The fourth-order valence-corrected chi connectivity index (χ4v) is 3.77. The van der Waals surface area contributed by atoms with Crippen molar-refractivity contribution in [2.24, 2.45) is 0 Å². The van der Waals surface area contributed by atoms with Crippen LogP contribution in [0.3, 0.4) is 0 Å². The molecule has 0 fully saturated rings. The first-order valence-electron chi connectivity index (χ1n) is 9.43. The summed E-state index contributed by atoms with van der Waals surface area (Å²) in [5.41, 5.74) is 1.23. The van der Waals surface area contributed by atoms with Gasteiger partial charge in [0.1, 0.15) is 5.75 Å². The molecule has 0 aliphatic heterocycles. The molecule has 2 aromatic carbocycles. The second-order valence-corrected chi connectivity index (χ2v) is 8.39. The van der Waals surface area contributed by atoms with E-state index in [-0.39, 0.29) is 17.3 Å². The Balaban J connectivity index is 1.76. The number of carbonyl (C=O) groups is 1. The summed E-state index contributed by atoms with van der Waals surface area (Å²) in [6.45, 7) is 6.75. The molecule has 0 radical (unpaired) electrons. The van der Waals surface area contributed by atoms with Crippen molar-refractivity contribution in [2.45, 2.75) is 56.3 Å². The molecule has 1 amide bonds. The van der Waals surface area contributed by atoms with E-state index >= 15 is 0 Å². The number of hydrogen-bond donors (Lipinski definition) is 1. The smallest absolute Gasteiger partial charge is 0.233 e. The summed E-state index contributed by atoms with van der Waals surface area (Å²) >= 11 is 7.50. The first-order chi connectivity index (χ1) is 13.0. The van der Waals surface area contributed by atoms with Crippen molar-refractivity contribution < 1.29 is 9.53 Å². The number of rotatable bonds is 10. The normalized spacial score (nSPS) is 12.0. The number of nitrogens with one attached hydrogen (secondary N) is 1. The molecule has 0 unspecified atom stereocenters. The first kappa shape index (κ1) is 21.6. The van der Waals surface area contributed by atoms with Gasteiger partial charge in [0.15, 0.2) is 0 Å². The van der Waals surface area contributed by atoms with Crippen LogP contribution in [0.2, 0.25) is 5.02 Å². The number of carbonyl (C=O) groups excluding carboxylic acids is 1. The van der Waals surface area contributed by atoms with Crippen LogP contribution in [0, 0.1) is 0 Å². The van der Waals surface area contributed by atoms with Crippen molar-refractivity contribution in [1.82, 2.24) is 5.32 Å². The molecule has 2 rings (SSSR count). The van der Waals surface area contributed by atoms with E-state index in [2.05, 4.69) is 17.4 Å². The van der Waals surface area contributed by atoms with Gasteiger partial charge < -0.3 is 10.1 Å². The lowest BCUT2D eigenvalue weighted by Crippen LogP contribution is -2.33. The Morgan fingerprint density at radius 1 is 1.19 bits per heavy atom. The van der Waals surface area contributed by atoms with Crippen LogP contribution >= 0.6 is 23.4 Å². The van der Waals surface area contributed by atoms with Crippen molar-refractivity contribution in [1.29, 1.82) is 0 Å². The summed E-state index contributed by atoms with van der Waals surface area (Å²) < 4.78 is 5.73. The average molecular weight is 406 g/mol. The van der Waals surface area contributed by atoms with E-state index in [1.807, 2.05) is 57.2 Å². The van der Waals surface area contributed by atoms with Crippen molar-refractivity contribution in [3.63, 3.8) is 0 Å². The van der Waals surface area contributed by atoms with Crippen molar-refractivity contribution in [2.75, 3.05) is 6.54 Å². The number of aryl methyl sites for hydroxylation is 1. The van der Waals surface area contributed by atoms with Gasteiger partial charge >= 0.3 is 0 Å². The molecule has 5 heteroatoms. The van der Waals surface area contributed by atoms with E-state index in [1.54, 1.807) is 11.8 Å². The van der Waals surface area contributed by atoms with Crippen molar-refractivity contribution in [3.05, 3.63) is 59.1 Å². The quantitative estimate of drug-likeness (QED) is 0.404. The monoisotopic (exact) mass is 405 g/mol.